The number of alkyl halides is 3. The summed E-state index contributed by atoms with van der Waals surface area (Å²) in [4.78, 5) is 0. The molecular weight excluding hydrogens is 323 g/mol. The summed E-state index contributed by atoms with van der Waals surface area (Å²) in [7, 11) is 0. The maximum atomic E-state index is 13.9. The quantitative estimate of drug-likeness (QED) is 0.482. The molecule has 0 saturated carbocycles. The highest BCUT2D eigenvalue weighted by molar-refractivity contribution is 5.65. The van der Waals surface area contributed by atoms with Crippen LogP contribution in [0.5, 0.6) is 0 Å². The van der Waals surface area contributed by atoms with Crippen LogP contribution in [0, 0.1) is 23.5 Å². The van der Waals surface area contributed by atoms with E-state index in [-0.39, 0.29) is 5.56 Å². The van der Waals surface area contributed by atoms with Crippen molar-refractivity contribution >= 4 is 0 Å². The first kappa shape index (κ1) is 18.0. The molecule has 126 valence electrons. The fourth-order valence-corrected chi connectivity index (χ4v) is 2.24. The molecule has 24 heavy (non-hydrogen) atoms. The number of hydrogen-bond acceptors (Lipinski definition) is 0. The van der Waals surface area contributed by atoms with Crippen LogP contribution in [-0.4, -0.2) is 6.18 Å². The van der Waals surface area contributed by atoms with E-state index in [9.17, 15) is 22.0 Å². The van der Waals surface area contributed by atoms with Crippen molar-refractivity contribution < 1.29 is 22.0 Å². The van der Waals surface area contributed by atoms with E-state index in [0.29, 0.717) is 5.56 Å². The molecule has 0 aliphatic rings. The van der Waals surface area contributed by atoms with E-state index in [1.54, 1.807) is 12.1 Å². The molecule has 0 aromatic heterocycles. The molecule has 0 spiro atoms. The number of benzene rings is 2. The second-order valence-electron chi connectivity index (χ2n) is 5.36. The lowest BCUT2D eigenvalue weighted by Crippen LogP contribution is -2.02. The van der Waals surface area contributed by atoms with E-state index in [1.165, 1.54) is 5.92 Å². The zero-order valence-corrected chi connectivity index (χ0v) is 13.0. The molecule has 0 radical (unpaired) electrons. The number of hydrogen-bond donors (Lipinski definition) is 0. The van der Waals surface area contributed by atoms with Gasteiger partial charge in [-0.2, -0.15) is 13.2 Å². The molecule has 0 saturated heterocycles. The summed E-state index contributed by atoms with van der Waals surface area (Å²) in [6.07, 6.45) is -1.76. The van der Waals surface area contributed by atoms with Crippen LogP contribution in [0.4, 0.5) is 22.0 Å². The van der Waals surface area contributed by atoms with Gasteiger partial charge in [0.1, 0.15) is 11.6 Å². The lowest BCUT2D eigenvalue weighted by Gasteiger charge is -2.06. The molecule has 0 bridgehead atoms. The fourth-order valence-electron chi connectivity index (χ4n) is 2.24. The van der Waals surface area contributed by atoms with E-state index in [4.69, 9.17) is 0 Å². The number of unbranched alkanes of at least 4 members (excludes halogenated alkanes) is 1. The third kappa shape index (κ3) is 4.82. The van der Waals surface area contributed by atoms with Crippen molar-refractivity contribution in [1.82, 2.24) is 0 Å². The lowest BCUT2D eigenvalue weighted by molar-refractivity contribution is -0.0696. The van der Waals surface area contributed by atoms with E-state index in [0.717, 1.165) is 42.9 Å². The Morgan fingerprint density at radius 1 is 0.917 bits per heavy atom. The van der Waals surface area contributed by atoms with Crippen LogP contribution in [0.1, 0.15) is 30.9 Å². The van der Waals surface area contributed by atoms with Crippen LogP contribution in [0.25, 0.3) is 11.1 Å². The topological polar surface area (TPSA) is 0 Å². The first-order chi connectivity index (χ1) is 11.3. The van der Waals surface area contributed by atoms with Gasteiger partial charge in [0.25, 0.3) is 0 Å². The number of aryl methyl sites for hydroxylation is 1. The van der Waals surface area contributed by atoms with Gasteiger partial charge in [-0.15, -0.1) is 0 Å². The standard InChI is InChI=1S/C19H15F5/c1-2-3-4-13-5-7-14(8-6-13)15-11-17(20)16(18(21)12-15)9-10-19(22,23)24/h5-8,11-12H,2-4H2,1H3. The highest BCUT2D eigenvalue weighted by Gasteiger charge is 2.23. The molecular formula is C19H15F5. The Morgan fingerprint density at radius 2 is 1.50 bits per heavy atom. The van der Waals surface area contributed by atoms with Gasteiger partial charge in [0.15, 0.2) is 0 Å². The van der Waals surface area contributed by atoms with Gasteiger partial charge >= 0.3 is 6.18 Å². The molecule has 0 atom stereocenters. The summed E-state index contributed by atoms with van der Waals surface area (Å²) in [6, 6.07) is 9.20. The summed E-state index contributed by atoms with van der Waals surface area (Å²) in [5.41, 5.74) is 1.08. The third-order valence-electron chi connectivity index (χ3n) is 3.48. The Balaban J connectivity index is 2.31. The molecule has 0 N–H and O–H groups in total. The van der Waals surface area contributed by atoms with Crippen LogP contribution in [0.2, 0.25) is 0 Å². The minimum Gasteiger partial charge on any atom is -0.205 e. The maximum absolute atomic E-state index is 13.9. The van der Waals surface area contributed by atoms with Crippen molar-refractivity contribution in [3.05, 3.63) is 59.2 Å². The molecule has 0 fully saturated rings. The van der Waals surface area contributed by atoms with Gasteiger partial charge in [-0.25, -0.2) is 8.78 Å². The zero-order chi connectivity index (χ0) is 17.7. The van der Waals surface area contributed by atoms with Crippen molar-refractivity contribution in [3.8, 4) is 23.0 Å². The molecule has 0 heterocycles. The van der Waals surface area contributed by atoms with Crippen LogP contribution in [-0.2, 0) is 6.42 Å². The van der Waals surface area contributed by atoms with Gasteiger partial charge in [-0.3, -0.25) is 0 Å². The minimum atomic E-state index is -4.80. The Labute approximate surface area is 137 Å². The largest absolute Gasteiger partial charge is 0.458 e. The number of halogens is 5. The monoisotopic (exact) mass is 338 g/mol. The summed E-state index contributed by atoms with van der Waals surface area (Å²) in [6.45, 7) is 2.09. The van der Waals surface area contributed by atoms with Crippen molar-refractivity contribution in [2.45, 2.75) is 32.4 Å². The van der Waals surface area contributed by atoms with Crippen molar-refractivity contribution in [1.29, 1.82) is 0 Å². The summed E-state index contributed by atoms with van der Waals surface area (Å²) >= 11 is 0. The molecule has 0 unspecified atom stereocenters. The van der Waals surface area contributed by atoms with E-state index in [2.05, 4.69) is 6.92 Å². The van der Waals surface area contributed by atoms with Gasteiger partial charge in [0.2, 0.25) is 0 Å². The normalized spacial score (nSPS) is 11.1. The summed E-state index contributed by atoms with van der Waals surface area (Å²) in [5, 5.41) is 0. The SMILES string of the molecule is CCCCc1ccc(-c2cc(F)c(C#CC(F)(F)F)c(F)c2)cc1. The summed E-state index contributed by atoms with van der Waals surface area (Å²) < 4.78 is 64.0. The van der Waals surface area contributed by atoms with Crippen molar-refractivity contribution in [3.63, 3.8) is 0 Å². The molecule has 0 nitrogen and oxygen atoms in total. The Morgan fingerprint density at radius 3 is 2.00 bits per heavy atom. The molecule has 2 rings (SSSR count). The summed E-state index contributed by atoms with van der Waals surface area (Å²) in [5.74, 6) is 0.155. The predicted molar refractivity (Wildman–Crippen MR) is 83.3 cm³/mol. The lowest BCUT2D eigenvalue weighted by atomic mass is 10.00. The van der Waals surface area contributed by atoms with E-state index >= 15 is 0 Å². The first-order valence-electron chi connectivity index (χ1n) is 7.48. The molecule has 0 aliphatic carbocycles. The third-order valence-corrected chi connectivity index (χ3v) is 3.48. The minimum absolute atomic E-state index is 0.254. The molecule has 0 aliphatic heterocycles. The van der Waals surface area contributed by atoms with Gasteiger partial charge in [0.05, 0.1) is 5.56 Å². The molecule has 2 aromatic carbocycles. The van der Waals surface area contributed by atoms with Crippen LogP contribution in [0.15, 0.2) is 36.4 Å². The van der Waals surface area contributed by atoms with E-state index < -0.39 is 23.4 Å². The van der Waals surface area contributed by atoms with Crippen molar-refractivity contribution in [2.24, 2.45) is 0 Å². The molecule has 0 amide bonds. The first-order valence-corrected chi connectivity index (χ1v) is 7.48. The van der Waals surface area contributed by atoms with Gasteiger partial charge < -0.3 is 0 Å². The second-order valence-corrected chi connectivity index (χ2v) is 5.36. The van der Waals surface area contributed by atoms with Gasteiger partial charge in [0, 0.05) is 5.92 Å². The van der Waals surface area contributed by atoms with Crippen LogP contribution >= 0.6 is 0 Å². The maximum Gasteiger partial charge on any atom is 0.458 e. The second kappa shape index (κ2) is 7.48. The molecule has 5 heteroatoms. The molecule has 2 aromatic rings. The Bertz CT molecular complexity index is 738. The zero-order valence-electron chi connectivity index (χ0n) is 13.0. The highest BCUT2D eigenvalue weighted by Crippen LogP contribution is 2.25. The average molecular weight is 338 g/mol. The Hall–Kier alpha value is -2.35. The van der Waals surface area contributed by atoms with Crippen molar-refractivity contribution in [2.75, 3.05) is 0 Å². The number of rotatable bonds is 4. The van der Waals surface area contributed by atoms with Crippen LogP contribution < -0.4 is 0 Å². The average Bonchev–Trinajstić information content (AvgIpc) is 2.51. The van der Waals surface area contributed by atoms with Gasteiger partial charge in [-0.05, 0) is 41.7 Å². The van der Waals surface area contributed by atoms with Crippen LogP contribution in [0.3, 0.4) is 0 Å². The van der Waals surface area contributed by atoms with Gasteiger partial charge in [-0.1, -0.05) is 43.5 Å². The Kier molecular flexibility index (Phi) is 5.61. The fraction of sp³-hybridized carbons (Fsp3) is 0.263. The highest BCUT2D eigenvalue weighted by atomic mass is 19.4. The smallest absolute Gasteiger partial charge is 0.205 e. The van der Waals surface area contributed by atoms with E-state index in [1.807, 2.05) is 12.1 Å². The predicted octanol–water partition coefficient (Wildman–Crippen LogP) is 5.89.